The minimum atomic E-state index is -0.195. The van der Waals surface area contributed by atoms with Gasteiger partial charge < -0.3 is 11.1 Å². The van der Waals surface area contributed by atoms with E-state index in [1.54, 1.807) is 0 Å². The van der Waals surface area contributed by atoms with Crippen molar-refractivity contribution in [2.24, 2.45) is 5.73 Å². The molecule has 0 bridgehead atoms. The zero-order chi connectivity index (χ0) is 8.97. The van der Waals surface area contributed by atoms with Crippen LogP contribution in [0.4, 0.5) is 0 Å². The van der Waals surface area contributed by atoms with Gasteiger partial charge in [-0.2, -0.15) is 0 Å². The molecule has 1 atom stereocenters. The van der Waals surface area contributed by atoms with Crippen molar-refractivity contribution >= 4 is 5.91 Å². The molecule has 4 nitrogen and oxygen atoms in total. The molecule has 13 heavy (non-hydrogen) atoms. The molecule has 1 rings (SSSR count). The molecule has 1 fully saturated rings. The molecular formula is C8H17N3OZn. The van der Waals surface area contributed by atoms with Gasteiger partial charge in [-0.3, -0.25) is 9.69 Å². The van der Waals surface area contributed by atoms with Gasteiger partial charge >= 0.3 is 0 Å². The second kappa shape index (κ2) is 6.46. The van der Waals surface area contributed by atoms with Crippen LogP contribution in [0.3, 0.4) is 0 Å². The Morgan fingerprint density at radius 1 is 1.54 bits per heavy atom. The smallest absolute Gasteiger partial charge is 0.234 e. The van der Waals surface area contributed by atoms with Crippen molar-refractivity contribution in [2.75, 3.05) is 26.2 Å². The van der Waals surface area contributed by atoms with E-state index in [0.29, 0.717) is 0 Å². The number of amides is 1. The van der Waals surface area contributed by atoms with Crippen LogP contribution in [0.25, 0.3) is 0 Å². The molecule has 1 amide bonds. The van der Waals surface area contributed by atoms with Gasteiger partial charge in [-0.15, -0.1) is 0 Å². The fraction of sp³-hybridized carbons (Fsp3) is 0.875. The average Bonchev–Trinajstić information content (AvgIpc) is 2.07. The Morgan fingerprint density at radius 2 is 2.08 bits per heavy atom. The van der Waals surface area contributed by atoms with Crippen molar-refractivity contribution in [3.8, 4) is 0 Å². The van der Waals surface area contributed by atoms with E-state index in [0.717, 1.165) is 32.6 Å². The van der Waals surface area contributed by atoms with E-state index in [2.05, 4.69) is 10.2 Å². The standard InChI is InChI=1S/C8H17N3O.Zn/c1-2-7(8(9)12)11-5-3-10-4-6-11;/h7,10H,2-6H2,1H3,(H2,9,12);. The van der Waals surface area contributed by atoms with Gasteiger partial charge in [0.1, 0.15) is 0 Å². The number of nitrogens with two attached hydrogens (primary N) is 1. The molecular weight excluding hydrogens is 219 g/mol. The molecule has 72 valence electrons. The van der Waals surface area contributed by atoms with E-state index in [9.17, 15) is 4.79 Å². The van der Waals surface area contributed by atoms with E-state index in [1.165, 1.54) is 0 Å². The first-order chi connectivity index (χ1) is 5.75. The van der Waals surface area contributed by atoms with Crippen molar-refractivity contribution in [1.29, 1.82) is 0 Å². The van der Waals surface area contributed by atoms with Crippen LogP contribution in [-0.2, 0) is 24.3 Å². The average molecular weight is 237 g/mol. The number of hydrogen-bond donors (Lipinski definition) is 2. The van der Waals surface area contributed by atoms with Gasteiger partial charge in [0.05, 0.1) is 6.04 Å². The molecule has 5 heteroatoms. The molecule has 0 aromatic heterocycles. The Morgan fingerprint density at radius 3 is 2.46 bits per heavy atom. The molecule has 0 aromatic rings. The number of carbonyl (C=O) groups is 1. The van der Waals surface area contributed by atoms with Crippen LogP contribution >= 0.6 is 0 Å². The number of piperazine rings is 1. The number of nitrogens with zero attached hydrogens (tertiary/aromatic N) is 1. The van der Waals surface area contributed by atoms with Gasteiger partial charge in [-0.25, -0.2) is 0 Å². The summed E-state index contributed by atoms with van der Waals surface area (Å²) < 4.78 is 0. The molecule has 1 unspecified atom stereocenters. The third-order valence-electron chi connectivity index (χ3n) is 2.31. The van der Waals surface area contributed by atoms with Crippen LogP contribution in [-0.4, -0.2) is 43.0 Å². The maximum atomic E-state index is 11.0. The fourth-order valence-corrected chi connectivity index (χ4v) is 1.63. The minimum Gasteiger partial charge on any atom is -0.368 e. The molecule has 1 aliphatic rings. The number of primary amides is 1. The summed E-state index contributed by atoms with van der Waals surface area (Å²) in [6, 6.07) is -0.0629. The van der Waals surface area contributed by atoms with Crippen molar-refractivity contribution in [1.82, 2.24) is 10.2 Å². The van der Waals surface area contributed by atoms with Crippen LogP contribution in [0.1, 0.15) is 13.3 Å². The number of rotatable bonds is 3. The summed E-state index contributed by atoms with van der Waals surface area (Å²) in [5.74, 6) is -0.195. The van der Waals surface area contributed by atoms with Crippen molar-refractivity contribution < 1.29 is 24.3 Å². The quantitative estimate of drug-likeness (QED) is 0.628. The molecule has 0 aliphatic carbocycles. The number of hydrogen-bond acceptors (Lipinski definition) is 3. The minimum absolute atomic E-state index is 0. The van der Waals surface area contributed by atoms with Gasteiger partial charge in [0, 0.05) is 45.7 Å². The van der Waals surface area contributed by atoms with Crippen molar-refractivity contribution in [2.45, 2.75) is 19.4 Å². The van der Waals surface area contributed by atoms with E-state index in [1.807, 2.05) is 6.92 Å². The molecule has 1 aliphatic heterocycles. The molecule has 0 spiro atoms. The summed E-state index contributed by atoms with van der Waals surface area (Å²) in [6.45, 7) is 5.79. The summed E-state index contributed by atoms with van der Waals surface area (Å²) in [7, 11) is 0. The van der Waals surface area contributed by atoms with Crippen LogP contribution in [0.5, 0.6) is 0 Å². The second-order valence-corrected chi connectivity index (χ2v) is 3.11. The molecule has 1 saturated heterocycles. The van der Waals surface area contributed by atoms with E-state index < -0.39 is 0 Å². The molecule has 0 radical (unpaired) electrons. The largest absolute Gasteiger partial charge is 0.368 e. The summed E-state index contributed by atoms with van der Waals surface area (Å²) in [5, 5.41) is 3.24. The first-order valence-electron chi connectivity index (χ1n) is 4.49. The summed E-state index contributed by atoms with van der Waals surface area (Å²) in [5.41, 5.74) is 5.28. The Bertz CT molecular complexity index is 159. The van der Waals surface area contributed by atoms with Crippen molar-refractivity contribution in [3.05, 3.63) is 0 Å². The maximum Gasteiger partial charge on any atom is 0.234 e. The van der Waals surface area contributed by atoms with Crippen LogP contribution in [0, 0.1) is 0 Å². The van der Waals surface area contributed by atoms with Gasteiger partial charge in [-0.05, 0) is 6.42 Å². The second-order valence-electron chi connectivity index (χ2n) is 3.11. The Labute approximate surface area is 92.0 Å². The normalized spacial score (nSPS) is 20.4. The summed E-state index contributed by atoms with van der Waals surface area (Å²) >= 11 is 0. The molecule has 0 aromatic carbocycles. The third-order valence-corrected chi connectivity index (χ3v) is 2.31. The van der Waals surface area contributed by atoms with E-state index in [-0.39, 0.29) is 31.4 Å². The Balaban J connectivity index is 0.00000144. The van der Waals surface area contributed by atoms with Crippen molar-refractivity contribution in [3.63, 3.8) is 0 Å². The first kappa shape index (κ1) is 13.0. The van der Waals surface area contributed by atoms with E-state index in [4.69, 9.17) is 5.73 Å². The maximum absolute atomic E-state index is 11.0. The Hall–Kier alpha value is 0.0134. The Kier molecular flexibility index (Phi) is 6.47. The van der Waals surface area contributed by atoms with Crippen LogP contribution in [0.15, 0.2) is 0 Å². The van der Waals surface area contributed by atoms with Gasteiger partial charge in [-0.1, -0.05) is 6.92 Å². The zero-order valence-electron chi connectivity index (χ0n) is 8.25. The summed E-state index contributed by atoms with van der Waals surface area (Å²) in [4.78, 5) is 13.1. The van der Waals surface area contributed by atoms with Crippen LogP contribution < -0.4 is 11.1 Å². The molecule has 1 heterocycles. The zero-order valence-corrected chi connectivity index (χ0v) is 11.2. The van der Waals surface area contributed by atoms with E-state index >= 15 is 0 Å². The third kappa shape index (κ3) is 3.71. The van der Waals surface area contributed by atoms with Gasteiger partial charge in [0.15, 0.2) is 0 Å². The number of carbonyl (C=O) groups excluding carboxylic acids is 1. The predicted octanol–water partition coefficient (Wildman–Crippen LogP) is -0.847. The predicted molar refractivity (Wildman–Crippen MR) is 47.7 cm³/mol. The molecule has 3 N–H and O–H groups in total. The number of nitrogens with one attached hydrogen (secondary N) is 1. The molecule has 0 saturated carbocycles. The fourth-order valence-electron chi connectivity index (χ4n) is 1.63. The first-order valence-corrected chi connectivity index (χ1v) is 4.49. The van der Waals surface area contributed by atoms with Gasteiger partial charge in [0.25, 0.3) is 0 Å². The van der Waals surface area contributed by atoms with Gasteiger partial charge in [0.2, 0.25) is 5.91 Å². The topological polar surface area (TPSA) is 58.4 Å². The summed E-state index contributed by atoms with van der Waals surface area (Å²) in [6.07, 6.45) is 0.815. The van der Waals surface area contributed by atoms with Crippen LogP contribution in [0.2, 0.25) is 0 Å². The SMILES string of the molecule is CCC(C(N)=O)N1CCNCC1.[Zn]. The monoisotopic (exact) mass is 235 g/mol.